The Kier molecular flexibility index (Phi) is 6.26. The second kappa shape index (κ2) is 9.49. The van der Waals surface area contributed by atoms with Gasteiger partial charge in [-0.2, -0.15) is 5.10 Å². The van der Waals surface area contributed by atoms with Crippen LogP contribution in [-0.2, 0) is 9.53 Å². The van der Waals surface area contributed by atoms with Crippen LogP contribution in [-0.4, -0.2) is 35.3 Å². The number of hydrogen-bond donors (Lipinski definition) is 0. The topological polar surface area (TPSA) is 54.8 Å². The third-order valence-corrected chi connectivity index (χ3v) is 6.59. The molecule has 1 aliphatic rings. The summed E-state index contributed by atoms with van der Waals surface area (Å²) in [6.45, 7) is 2.00. The zero-order valence-electron chi connectivity index (χ0n) is 19.0. The predicted molar refractivity (Wildman–Crippen MR) is 139 cm³/mol. The molecule has 0 bridgehead atoms. The summed E-state index contributed by atoms with van der Waals surface area (Å²) in [5, 5.41) is 7.50. The zero-order valence-corrected chi connectivity index (χ0v) is 20.6. The number of rotatable bonds is 5. The summed E-state index contributed by atoms with van der Waals surface area (Å²) in [6, 6.07) is 26.3. The number of hydrazone groups is 1. The number of fused-ring (bicyclic) bond motifs is 1. The zero-order chi connectivity index (χ0) is 23.7. The van der Waals surface area contributed by atoms with Crippen molar-refractivity contribution in [1.29, 1.82) is 0 Å². The number of pyridine rings is 1. The summed E-state index contributed by atoms with van der Waals surface area (Å²) in [5.41, 5.74) is 6.85. The van der Waals surface area contributed by atoms with E-state index in [0.29, 0.717) is 6.42 Å². The van der Waals surface area contributed by atoms with Crippen molar-refractivity contribution in [2.75, 3.05) is 13.7 Å². The van der Waals surface area contributed by atoms with Gasteiger partial charge in [0.05, 0.1) is 17.3 Å². The molecular formula is C28H24BrN3O2. The number of benzene rings is 3. The summed E-state index contributed by atoms with van der Waals surface area (Å²) >= 11 is 3.63. The molecular weight excluding hydrogens is 490 g/mol. The predicted octanol–water partition coefficient (Wildman–Crippen LogP) is 6.30. The van der Waals surface area contributed by atoms with Gasteiger partial charge in [0, 0.05) is 40.2 Å². The fraction of sp³-hybridized carbons (Fsp3) is 0.179. The maximum absolute atomic E-state index is 13.0. The minimum Gasteiger partial charge on any atom is -0.375 e. The number of amides is 1. The molecule has 0 aliphatic carbocycles. The van der Waals surface area contributed by atoms with Crippen LogP contribution in [0.1, 0.15) is 29.3 Å². The summed E-state index contributed by atoms with van der Waals surface area (Å²) in [5.74, 6) is -0.165. The van der Waals surface area contributed by atoms with Gasteiger partial charge in [-0.3, -0.25) is 9.78 Å². The number of hydrogen-bond acceptors (Lipinski definition) is 4. The molecule has 1 aromatic heterocycles. The lowest BCUT2D eigenvalue weighted by Gasteiger charge is -2.21. The molecule has 0 saturated carbocycles. The van der Waals surface area contributed by atoms with E-state index in [1.807, 2.05) is 67.6 Å². The lowest BCUT2D eigenvalue weighted by Crippen LogP contribution is -2.30. The molecule has 0 radical (unpaired) electrons. The van der Waals surface area contributed by atoms with Crippen LogP contribution in [0.4, 0.5) is 0 Å². The van der Waals surface area contributed by atoms with Gasteiger partial charge >= 0.3 is 0 Å². The van der Waals surface area contributed by atoms with E-state index in [-0.39, 0.29) is 18.6 Å². The van der Waals surface area contributed by atoms with Gasteiger partial charge in [0.15, 0.2) is 0 Å². The molecule has 4 aromatic rings. The summed E-state index contributed by atoms with van der Waals surface area (Å²) in [4.78, 5) is 17.9. The van der Waals surface area contributed by atoms with Crippen LogP contribution in [0.5, 0.6) is 0 Å². The molecule has 1 atom stereocenters. The van der Waals surface area contributed by atoms with Gasteiger partial charge in [-0.15, -0.1) is 0 Å². The molecule has 34 heavy (non-hydrogen) atoms. The first-order chi connectivity index (χ1) is 16.6. The number of methoxy groups -OCH3 is 1. The highest BCUT2D eigenvalue weighted by Gasteiger charge is 2.35. The molecule has 0 fully saturated rings. The quantitative estimate of drug-likeness (QED) is 0.314. The number of aryl methyl sites for hydroxylation is 1. The Morgan fingerprint density at radius 2 is 1.74 bits per heavy atom. The molecule has 2 heterocycles. The third kappa shape index (κ3) is 4.15. The normalized spacial score (nSPS) is 15.6. The summed E-state index contributed by atoms with van der Waals surface area (Å²) < 4.78 is 6.14. The molecule has 5 nitrogen and oxygen atoms in total. The van der Waals surface area contributed by atoms with Crippen molar-refractivity contribution in [3.8, 4) is 11.1 Å². The van der Waals surface area contributed by atoms with Gasteiger partial charge in [0.2, 0.25) is 0 Å². The SMILES string of the molecule is COCC(=O)N1N=C(c2c(C)nc3ccc(Br)cc3c2-c2ccccc2)C[C@@H]1c1ccccc1. The second-order valence-electron chi connectivity index (χ2n) is 8.32. The Morgan fingerprint density at radius 1 is 1.03 bits per heavy atom. The van der Waals surface area contributed by atoms with Gasteiger partial charge in [-0.1, -0.05) is 76.6 Å². The minimum atomic E-state index is -0.194. The molecule has 170 valence electrons. The lowest BCUT2D eigenvalue weighted by molar-refractivity contribution is -0.137. The molecule has 0 unspecified atom stereocenters. The highest BCUT2D eigenvalue weighted by molar-refractivity contribution is 9.10. The first-order valence-corrected chi connectivity index (χ1v) is 11.9. The standard InChI is InChI=1S/C28H24BrN3O2/c1-18-27(24-16-25(19-9-5-3-6-10-19)32(31-24)26(33)17-34-2)28(20-11-7-4-8-12-20)22-15-21(29)13-14-23(22)30-18/h3-15,25H,16-17H2,1-2H3/t25-/m1/s1. The van der Waals surface area contributed by atoms with E-state index in [2.05, 4.69) is 34.1 Å². The van der Waals surface area contributed by atoms with Crippen molar-refractivity contribution in [2.24, 2.45) is 5.10 Å². The highest BCUT2D eigenvalue weighted by atomic mass is 79.9. The van der Waals surface area contributed by atoms with Crippen LogP contribution in [0.15, 0.2) is 88.4 Å². The van der Waals surface area contributed by atoms with Crippen molar-refractivity contribution in [3.63, 3.8) is 0 Å². The first kappa shape index (κ1) is 22.4. The van der Waals surface area contributed by atoms with Gasteiger partial charge in [0.25, 0.3) is 5.91 Å². The summed E-state index contributed by atoms with van der Waals surface area (Å²) in [6.07, 6.45) is 0.599. The van der Waals surface area contributed by atoms with Gasteiger partial charge in [-0.05, 0) is 36.2 Å². The Bertz CT molecular complexity index is 1390. The fourth-order valence-corrected chi connectivity index (χ4v) is 4.99. The van der Waals surface area contributed by atoms with Crippen molar-refractivity contribution in [3.05, 3.63) is 100 Å². The number of ether oxygens (including phenoxy) is 1. The smallest absolute Gasteiger partial charge is 0.269 e. The second-order valence-corrected chi connectivity index (χ2v) is 9.24. The minimum absolute atomic E-state index is 0.0203. The Morgan fingerprint density at radius 3 is 2.44 bits per heavy atom. The van der Waals surface area contributed by atoms with Crippen molar-refractivity contribution < 1.29 is 9.53 Å². The number of nitrogens with zero attached hydrogens (tertiary/aromatic N) is 3. The van der Waals surface area contributed by atoms with E-state index < -0.39 is 0 Å². The number of aromatic nitrogens is 1. The Labute approximate surface area is 207 Å². The molecule has 5 rings (SSSR count). The van der Waals surface area contributed by atoms with E-state index in [4.69, 9.17) is 14.8 Å². The average Bonchev–Trinajstić information content (AvgIpc) is 3.30. The third-order valence-electron chi connectivity index (χ3n) is 6.10. The molecule has 3 aromatic carbocycles. The molecule has 1 amide bonds. The van der Waals surface area contributed by atoms with Crippen LogP contribution in [0.2, 0.25) is 0 Å². The molecule has 1 aliphatic heterocycles. The van der Waals surface area contributed by atoms with Gasteiger partial charge < -0.3 is 4.74 Å². The van der Waals surface area contributed by atoms with Gasteiger partial charge in [0.1, 0.15) is 6.61 Å². The van der Waals surface area contributed by atoms with E-state index >= 15 is 0 Å². The van der Waals surface area contributed by atoms with E-state index in [1.165, 1.54) is 7.11 Å². The lowest BCUT2D eigenvalue weighted by atomic mass is 9.89. The Balaban J connectivity index is 1.73. The van der Waals surface area contributed by atoms with Crippen LogP contribution >= 0.6 is 15.9 Å². The van der Waals surface area contributed by atoms with Crippen LogP contribution in [0.25, 0.3) is 22.0 Å². The maximum Gasteiger partial charge on any atom is 0.269 e. The average molecular weight is 514 g/mol. The van der Waals surface area contributed by atoms with E-state index in [1.54, 1.807) is 5.01 Å². The highest BCUT2D eigenvalue weighted by Crippen LogP contribution is 2.39. The summed E-state index contributed by atoms with van der Waals surface area (Å²) in [7, 11) is 1.53. The van der Waals surface area contributed by atoms with Crippen molar-refractivity contribution in [2.45, 2.75) is 19.4 Å². The van der Waals surface area contributed by atoms with Crippen LogP contribution < -0.4 is 0 Å². The fourth-order valence-electron chi connectivity index (χ4n) is 4.63. The van der Waals surface area contributed by atoms with Gasteiger partial charge in [-0.25, -0.2) is 5.01 Å². The van der Waals surface area contributed by atoms with E-state index in [9.17, 15) is 4.79 Å². The van der Waals surface area contributed by atoms with Crippen molar-refractivity contribution >= 4 is 38.5 Å². The van der Waals surface area contributed by atoms with Crippen LogP contribution in [0.3, 0.4) is 0 Å². The monoisotopic (exact) mass is 513 g/mol. The molecule has 6 heteroatoms. The first-order valence-electron chi connectivity index (χ1n) is 11.2. The largest absolute Gasteiger partial charge is 0.375 e. The number of carbonyl (C=O) groups excluding carboxylic acids is 1. The van der Waals surface area contributed by atoms with Crippen LogP contribution in [0, 0.1) is 6.92 Å². The number of halogens is 1. The molecule has 0 N–H and O–H groups in total. The molecule has 0 spiro atoms. The number of carbonyl (C=O) groups is 1. The Hall–Kier alpha value is -3.35. The van der Waals surface area contributed by atoms with E-state index in [0.717, 1.165) is 49.0 Å². The maximum atomic E-state index is 13.0. The van der Waals surface area contributed by atoms with Crippen molar-refractivity contribution in [1.82, 2.24) is 9.99 Å². The molecule has 0 saturated heterocycles.